The van der Waals surface area contributed by atoms with Gasteiger partial charge in [0.05, 0.1) is 0 Å². The molecular weight excluding hydrogens is 468 g/mol. The quantitative estimate of drug-likeness (QED) is 0.484. The number of rotatable bonds is 7. The number of nitrogens with zero attached hydrogens (tertiary/aromatic N) is 2. The standard InChI is InChI=1S/C27H27F2N3O4/c1-17(33)32(16-18-2-10-22(34)11-3-18)21-8-6-20(7-9-21)31-26(35)25-24(29)14-15-30-27(25)36-23-12-4-19(28)5-13-23/h2-5,10-15,20-21,34H,6-9,16H2,1H3,(H,31,35). The molecule has 2 N–H and O–H groups in total. The summed E-state index contributed by atoms with van der Waals surface area (Å²) in [5.74, 6) is -1.73. The van der Waals surface area contributed by atoms with Crippen molar-refractivity contribution in [3.05, 3.63) is 83.6 Å². The molecule has 0 spiro atoms. The van der Waals surface area contributed by atoms with Crippen LogP contribution in [0.5, 0.6) is 17.4 Å². The van der Waals surface area contributed by atoms with Gasteiger partial charge in [-0.1, -0.05) is 12.1 Å². The molecule has 2 aromatic carbocycles. The van der Waals surface area contributed by atoms with Crippen LogP contribution < -0.4 is 10.1 Å². The van der Waals surface area contributed by atoms with E-state index in [-0.39, 0.29) is 40.9 Å². The first-order valence-corrected chi connectivity index (χ1v) is 11.7. The lowest BCUT2D eigenvalue weighted by molar-refractivity contribution is -0.132. The minimum Gasteiger partial charge on any atom is -0.508 e. The molecule has 3 aromatic rings. The maximum absolute atomic E-state index is 14.6. The second-order valence-corrected chi connectivity index (χ2v) is 8.82. The number of halogens is 2. The Labute approximate surface area is 207 Å². The van der Waals surface area contributed by atoms with Crippen molar-refractivity contribution < 1.29 is 28.2 Å². The number of benzene rings is 2. The predicted octanol–water partition coefficient (Wildman–Crippen LogP) is 4.95. The van der Waals surface area contributed by atoms with E-state index in [0.29, 0.717) is 32.2 Å². The van der Waals surface area contributed by atoms with E-state index in [1.54, 1.807) is 29.2 Å². The number of nitrogens with one attached hydrogen (secondary N) is 1. The minimum atomic E-state index is -0.773. The van der Waals surface area contributed by atoms with Crippen LogP contribution in [0, 0.1) is 11.6 Å². The molecule has 9 heteroatoms. The van der Waals surface area contributed by atoms with Crippen molar-refractivity contribution in [2.75, 3.05) is 0 Å². The molecule has 0 aliphatic heterocycles. The molecular formula is C27H27F2N3O4. The first kappa shape index (κ1) is 25.1. The molecule has 0 saturated heterocycles. The molecule has 7 nitrogen and oxygen atoms in total. The van der Waals surface area contributed by atoms with Gasteiger partial charge in [0, 0.05) is 31.7 Å². The molecule has 1 saturated carbocycles. The Kier molecular flexibility index (Phi) is 7.77. The molecule has 1 aliphatic carbocycles. The maximum atomic E-state index is 14.6. The predicted molar refractivity (Wildman–Crippen MR) is 129 cm³/mol. The molecule has 0 bridgehead atoms. The summed E-state index contributed by atoms with van der Waals surface area (Å²) >= 11 is 0. The van der Waals surface area contributed by atoms with Crippen LogP contribution in [-0.2, 0) is 11.3 Å². The van der Waals surface area contributed by atoms with Gasteiger partial charge in [0.25, 0.3) is 5.91 Å². The Morgan fingerprint density at radius 3 is 2.33 bits per heavy atom. The van der Waals surface area contributed by atoms with Crippen molar-refractivity contribution in [1.29, 1.82) is 0 Å². The number of pyridine rings is 1. The topological polar surface area (TPSA) is 91.8 Å². The lowest BCUT2D eigenvalue weighted by Gasteiger charge is -2.37. The van der Waals surface area contributed by atoms with Gasteiger partial charge in [-0.05, 0) is 73.7 Å². The average molecular weight is 496 g/mol. The highest BCUT2D eigenvalue weighted by atomic mass is 19.1. The number of phenols is 1. The van der Waals surface area contributed by atoms with Crippen molar-refractivity contribution in [3.8, 4) is 17.4 Å². The smallest absolute Gasteiger partial charge is 0.260 e. The van der Waals surface area contributed by atoms with E-state index in [1.807, 2.05) is 0 Å². The number of hydrogen-bond acceptors (Lipinski definition) is 5. The van der Waals surface area contributed by atoms with Crippen molar-refractivity contribution >= 4 is 11.8 Å². The molecule has 4 rings (SSSR count). The fourth-order valence-corrected chi connectivity index (χ4v) is 4.40. The Balaban J connectivity index is 1.39. The van der Waals surface area contributed by atoms with Crippen LogP contribution >= 0.6 is 0 Å². The third-order valence-corrected chi connectivity index (χ3v) is 6.29. The van der Waals surface area contributed by atoms with Gasteiger partial charge in [0.15, 0.2) is 0 Å². The lowest BCUT2D eigenvalue weighted by Crippen LogP contribution is -2.45. The van der Waals surface area contributed by atoms with Crippen LogP contribution in [0.2, 0.25) is 0 Å². The molecule has 36 heavy (non-hydrogen) atoms. The van der Waals surface area contributed by atoms with Gasteiger partial charge in [-0.25, -0.2) is 13.8 Å². The van der Waals surface area contributed by atoms with E-state index in [9.17, 15) is 23.5 Å². The summed E-state index contributed by atoms with van der Waals surface area (Å²) in [5, 5.41) is 12.4. The highest BCUT2D eigenvalue weighted by molar-refractivity contribution is 5.96. The molecule has 1 aromatic heterocycles. The number of ether oxygens (including phenoxy) is 1. The third-order valence-electron chi connectivity index (χ3n) is 6.29. The number of amides is 2. The van der Waals surface area contributed by atoms with Gasteiger partial charge in [-0.15, -0.1) is 0 Å². The van der Waals surface area contributed by atoms with Crippen molar-refractivity contribution in [1.82, 2.24) is 15.2 Å². The Bertz CT molecular complexity index is 1210. The zero-order chi connectivity index (χ0) is 25.7. The highest BCUT2D eigenvalue weighted by Crippen LogP contribution is 2.28. The molecule has 0 unspecified atom stereocenters. The van der Waals surface area contributed by atoms with Crippen LogP contribution in [0.4, 0.5) is 8.78 Å². The van der Waals surface area contributed by atoms with Crippen molar-refractivity contribution in [2.24, 2.45) is 0 Å². The fourth-order valence-electron chi connectivity index (χ4n) is 4.40. The monoisotopic (exact) mass is 495 g/mol. The molecule has 0 atom stereocenters. The second kappa shape index (κ2) is 11.2. The first-order valence-electron chi connectivity index (χ1n) is 11.7. The van der Waals surface area contributed by atoms with Crippen molar-refractivity contribution in [2.45, 2.75) is 51.2 Å². The average Bonchev–Trinajstić information content (AvgIpc) is 2.85. The number of aromatic hydroxyl groups is 1. The van der Waals surface area contributed by atoms with Crippen LogP contribution in [0.15, 0.2) is 60.8 Å². The van der Waals surface area contributed by atoms with Gasteiger partial charge in [0.2, 0.25) is 11.8 Å². The summed E-state index contributed by atoms with van der Waals surface area (Å²) in [7, 11) is 0. The van der Waals surface area contributed by atoms with E-state index in [0.717, 1.165) is 11.6 Å². The van der Waals surface area contributed by atoms with E-state index in [1.165, 1.54) is 37.4 Å². The molecule has 2 amide bonds. The molecule has 0 radical (unpaired) electrons. The van der Waals surface area contributed by atoms with E-state index in [2.05, 4.69) is 10.3 Å². The van der Waals surface area contributed by atoms with Gasteiger partial charge in [0.1, 0.15) is 28.7 Å². The summed E-state index contributed by atoms with van der Waals surface area (Å²) in [4.78, 5) is 31.1. The van der Waals surface area contributed by atoms with E-state index in [4.69, 9.17) is 4.74 Å². The van der Waals surface area contributed by atoms with Gasteiger partial charge < -0.3 is 20.1 Å². The fraction of sp³-hybridized carbons (Fsp3) is 0.296. The molecule has 1 fully saturated rings. The number of carbonyl (C=O) groups is 2. The lowest BCUT2D eigenvalue weighted by atomic mass is 9.89. The largest absolute Gasteiger partial charge is 0.508 e. The van der Waals surface area contributed by atoms with Crippen LogP contribution in [0.3, 0.4) is 0 Å². The van der Waals surface area contributed by atoms with Gasteiger partial charge in [-0.3, -0.25) is 9.59 Å². The van der Waals surface area contributed by atoms with Gasteiger partial charge in [-0.2, -0.15) is 0 Å². The van der Waals surface area contributed by atoms with Gasteiger partial charge >= 0.3 is 0 Å². The molecule has 188 valence electrons. The number of carbonyl (C=O) groups excluding carboxylic acids is 2. The maximum Gasteiger partial charge on any atom is 0.260 e. The minimum absolute atomic E-state index is 0.0111. The first-order chi connectivity index (χ1) is 17.3. The summed E-state index contributed by atoms with van der Waals surface area (Å²) in [6, 6.07) is 12.8. The van der Waals surface area contributed by atoms with Crippen LogP contribution in [-0.4, -0.2) is 38.9 Å². The van der Waals surface area contributed by atoms with Crippen LogP contribution in [0.1, 0.15) is 48.5 Å². The Morgan fingerprint density at radius 1 is 1.03 bits per heavy atom. The summed E-state index contributed by atoms with van der Waals surface area (Å²) < 4.78 is 33.3. The zero-order valence-electron chi connectivity index (χ0n) is 19.8. The molecule has 1 aliphatic rings. The van der Waals surface area contributed by atoms with E-state index < -0.39 is 17.5 Å². The summed E-state index contributed by atoms with van der Waals surface area (Å²) in [6.07, 6.45) is 3.78. The SMILES string of the molecule is CC(=O)N(Cc1ccc(O)cc1)C1CCC(NC(=O)c2c(F)ccnc2Oc2ccc(F)cc2)CC1. The third kappa shape index (κ3) is 6.16. The summed E-state index contributed by atoms with van der Waals surface area (Å²) in [6.45, 7) is 1.96. The second-order valence-electron chi connectivity index (χ2n) is 8.82. The highest BCUT2D eigenvalue weighted by Gasteiger charge is 2.30. The Morgan fingerprint density at radius 2 is 1.69 bits per heavy atom. The zero-order valence-corrected chi connectivity index (χ0v) is 19.8. The summed E-state index contributed by atoms with van der Waals surface area (Å²) in [5.41, 5.74) is 0.598. The molecule has 1 heterocycles. The number of hydrogen-bond donors (Lipinski definition) is 2. The Hall–Kier alpha value is -4.01. The number of aromatic nitrogens is 1. The van der Waals surface area contributed by atoms with E-state index >= 15 is 0 Å². The normalized spacial score (nSPS) is 17.3. The van der Waals surface area contributed by atoms with Crippen molar-refractivity contribution in [3.63, 3.8) is 0 Å². The number of phenolic OH excluding ortho intramolecular Hbond substituents is 1. The van der Waals surface area contributed by atoms with Crippen LogP contribution in [0.25, 0.3) is 0 Å².